The first-order valence-corrected chi connectivity index (χ1v) is 10.1. The summed E-state index contributed by atoms with van der Waals surface area (Å²) in [5.41, 5.74) is 0. The van der Waals surface area contributed by atoms with Gasteiger partial charge in [0.15, 0.2) is 9.84 Å². The van der Waals surface area contributed by atoms with Gasteiger partial charge in [-0.15, -0.1) is 0 Å². The Bertz CT molecular complexity index is 460. The van der Waals surface area contributed by atoms with Gasteiger partial charge in [-0.3, -0.25) is 9.69 Å². The van der Waals surface area contributed by atoms with E-state index in [1.54, 1.807) is 0 Å². The second kappa shape index (κ2) is 8.26. The molecule has 0 radical (unpaired) electrons. The average Bonchev–Trinajstić information content (AvgIpc) is 3.07. The standard InChI is InChI=1S/C15H28N2O4S/c1-17(13-7-10-22(19,20)12-13)11-15(18)16-8-4-9-21-14-5-2-3-6-14/h13-14H,2-12H2,1H3,(H,16,18). The molecule has 2 aliphatic rings. The predicted molar refractivity (Wildman–Crippen MR) is 85.5 cm³/mol. The van der Waals surface area contributed by atoms with Crippen LogP contribution < -0.4 is 5.32 Å². The summed E-state index contributed by atoms with van der Waals surface area (Å²) in [5.74, 6) is 0.362. The molecule has 1 aliphatic heterocycles. The van der Waals surface area contributed by atoms with Gasteiger partial charge in [-0.05, 0) is 32.7 Å². The molecule has 2 rings (SSSR count). The molecule has 1 heterocycles. The van der Waals surface area contributed by atoms with Gasteiger partial charge in [-0.25, -0.2) is 8.42 Å². The van der Waals surface area contributed by atoms with Crippen LogP contribution in [0.3, 0.4) is 0 Å². The minimum atomic E-state index is -2.90. The summed E-state index contributed by atoms with van der Waals surface area (Å²) < 4.78 is 28.6. The molecule has 6 nitrogen and oxygen atoms in total. The summed E-state index contributed by atoms with van der Waals surface area (Å²) in [7, 11) is -1.08. The molecular weight excluding hydrogens is 304 g/mol. The van der Waals surface area contributed by atoms with Crippen molar-refractivity contribution in [3.63, 3.8) is 0 Å². The fourth-order valence-corrected chi connectivity index (χ4v) is 4.94. The summed E-state index contributed by atoms with van der Waals surface area (Å²) >= 11 is 0. The Balaban J connectivity index is 1.53. The number of hydrogen-bond acceptors (Lipinski definition) is 5. The highest BCUT2D eigenvalue weighted by molar-refractivity contribution is 7.91. The number of amides is 1. The van der Waals surface area contributed by atoms with Crippen molar-refractivity contribution in [1.29, 1.82) is 0 Å². The molecule has 0 bridgehead atoms. The van der Waals surface area contributed by atoms with E-state index in [4.69, 9.17) is 4.74 Å². The lowest BCUT2D eigenvalue weighted by Gasteiger charge is -2.22. The number of sulfone groups is 1. The molecule has 1 aliphatic carbocycles. The average molecular weight is 332 g/mol. The van der Waals surface area contributed by atoms with Crippen molar-refractivity contribution in [3.8, 4) is 0 Å². The number of ether oxygens (including phenoxy) is 1. The Labute approximate surface area is 133 Å². The molecule has 0 aromatic heterocycles. The third-order valence-electron chi connectivity index (χ3n) is 4.52. The van der Waals surface area contributed by atoms with Crippen LogP contribution in [0.5, 0.6) is 0 Å². The molecule has 1 unspecified atom stereocenters. The van der Waals surface area contributed by atoms with Crippen LogP contribution in [-0.2, 0) is 19.4 Å². The van der Waals surface area contributed by atoms with Crippen LogP contribution in [0.1, 0.15) is 38.5 Å². The molecule has 128 valence electrons. The van der Waals surface area contributed by atoms with Gasteiger partial charge in [0, 0.05) is 19.2 Å². The van der Waals surface area contributed by atoms with Crippen molar-refractivity contribution >= 4 is 15.7 Å². The molecular formula is C15H28N2O4S. The predicted octanol–water partition coefficient (Wildman–Crippen LogP) is 0.571. The highest BCUT2D eigenvalue weighted by atomic mass is 32.2. The lowest BCUT2D eigenvalue weighted by molar-refractivity contribution is -0.122. The lowest BCUT2D eigenvalue weighted by atomic mass is 10.2. The van der Waals surface area contributed by atoms with E-state index in [0.717, 1.165) is 6.42 Å². The molecule has 1 amide bonds. The van der Waals surface area contributed by atoms with E-state index in [2.05, 4.69) is 5.32 Å². The minimum Gasteiger partial charge on any atom is -0.378 e. The quantitative estimate of drug-likeness (QED) is 0.658. The highest BCUT2D eigenvalue weighted by Gasteiger charge is 2.31. The molecule has 1 saturated heterocycles. The summed E-state index contributed by atoms with van der Waals surface area (Å²) in [6.07, 6.45) is 6.75. The van der Waals surface area contributed by atoms with Crippen molar-refractivity contribution in [2.75, 3.05) is 38.2 Å². The summed E-state index contributed by atoms with van der Waals surface area (Å²) in [5, 5.41) is 2.87. The molecule has 22 heavy (non-hydrogen) atoms. The molecule has 1 atom stereocenters. The zero-order valence-corrected chi connectivity index (χ0v) is 14.2. The van der Waals surface area contributed by atoms with Gasteiger partial charge in [0.2, 0.25) is 5.91 Å². The van der Waals surface area contributed by atoms with Crippen LogP contribution in [0.25, 0.3) is 0 Å². The van der Waals surface area contributed by atoms with Crippen LogP contribution >= 0.6 is 0 Å². The number of hydrogen-bond donors (Lipinski definition) is 1. The van der Waals surface area contributed by atoms with E-state index in [0.29, 0.717) is 25.7 Å². The van der Waals surface area contributed by atoms with Crippen molar-refractivity contribution in [3.05, 3.63) is 0 Å². The Kier molecular flexibility index (Phi) is 6.65. The van der Waals surface area contributed by atoms with E-state index in [9.17, 15) is 13.2 Å². The third kappa shape index (κ3) is 5.85. The summed E-state index contributed by atoms with van der Waals surface area (Å²) in [6, 6.07) is -0.0264. The largest absolute Gasteiger partial charge is 0.378 e. The SMILES string of the molecule is CN(CC(=O)NCCCOC1CCCC1)C1CCS(=O)(=O)C1. The lowest BCUT2D eigenvalue weighted by Crippen LogP contribution is -2.41. The maximum Gasteiger partial charge on any atom is 0.234 e. The summed E-state index contributed by atoms with van der Waals surface area (Å²) in [4.78, 5) is 13.7. The van der Waals surface area contributed by atoms with E-state index in [1.165, 1.54) is 25.7 Å². The molecule has 2 fully saturated rings. The Hall–Kier alpha value is -0.660. The van der Waals surface area contributed by atoms with Gasteiger partial charge in [-0.2, -0.15) is 0 Å². The zero-order valence-electron chi connectivity index (χ0n) is 13.4. The second-order valence-corrected chi connectivity index (χ2v) is 8.68. The topological polar surface area (TPSA) is 75.7 Å². The number of nitrogens with zero attached hydrogens (tertiary/aromatic N) is 1. The molecule has 0 aromatic rings. The second-order valence-electron chi connectivity index (χ2n) is 6.45. The van der Waals surface area contributed by atoms with Crippen LogP contribution in [0, 0.1) is 0 Å². The number of carbonyl (C=O) groups excluding carboxylic acids is 1. The van der Waals surface area contributed by atoms with Gasteiger partial charge in [-0.1, -0.05) is 12.8 Å². The Morgan fingerprint density at radius 2 is 2.00 bits per heavy atom. The zero-order chi connectivity index (χ0) is 16.0. The van der Waals surface area contributed by atoms with Crippen LogP contribution in [-0.4, -0.2) is 69.6 Å². The third-order valence-corrected chi connectivity index (χ3v) is 6.27. The Morgan fingerprint density at radius 1 is 1.27 bits per heavy atom. The van der Waals surface area contributed by atoms with E-state index >= 15 is 0 Å². The van der Waals surface area contributed by atoms with Gasteiger partial charge in [0.05, 0.1) is 24.2 Å². The van der Waals surface area contributed by atoms with Gasteiger partial charge in [0.25, 0.3) is 0 Å². The van der Waals surface area contributed by atoms with E-state index in [1.807, 2.05) is 11.9 Å². The van der Waals surface area contributed by atoms with E-state index in [-0.39, 0.29) is 30.0 Å². The van der Waals surface area contributed by atoms with Crippen molar-refractivity contribution in [1.82, 2.24) is 10.2 Å². The Morgan fingerprint density at radius 3 is 2.64 bits per heavy atom. The maximum atomic E-state index is 11.8. The first-order chi connectivity index (χ1) is 10.5. The van der Waals surface area contributed by atoms with Crippen LogP contribution in [0.4, 0.5) is 0 Å². The molecule has 7 heteroatoms. The first-order valence-electron chi connectivity index (χ1n) is 8.25. The highest BCUT2D eigenvalue weighted by Crippen LogP contribution is 2.20. The van der Waals surface area contributed by atoms with Crippen LogP contribution in [0.2, 0.25) is 0 Å². The van der Waals surface area contributed by atoms with Crippen molar-refractivity contribution < 1.29 is 17.9 Å². The fraction of sp³-hybridized carbons (Fsp3) is 0.933. The first kappa shape index (κ1) is 17.7. The maximum absolute atomic E-state index is 11.8. The number of carbonyl (C=O) groups is 1. The van der Waals surface area contributed by atoms with Gasteiger partial charge >= 0.3 is 0 Å². The molecule has 1 saturated carbocycles. The monoisotopic (exact) mass is 332 g/mol. The molecule has 1 N–H and O–H groups in total. The van der Waals surface area contributed by atoms with Crippen molar-refractivity contribution in [2.24, 2.45) is 0 Å². The normalized spacial score (nSPS) is 24.9. The molecule has 0 spiro atoms. The van der Waals surface area contributed by atoms with Crippen LogP contribution in [0.15, 0.2) is 0 Å². The fourth-order valence-electron chi connectivity index (χ4n) is 3.14. The minimum absolute atomic E-state index is 0.0264. The number of likely N-dealkylation sites (N-methyl/N-ethyl adjacent to an activating group) is 1. The van der Waals surface area contributed by atoms with E-state index < -0.39 is 9.84 Å². The van der Waals surface area contributed by atoms with Crippen molar-refractivity contribution in [2.45, 2.75) is 50.7 Å². The number of rotatable bonds is 8. The molecule has 0 aromatic carbocycles. The number of nitrogens with one attached hydrogen (secondary N) is 1. The van der Waals surface area contributed by atoms with Gasteiger partial charge in [0.1, 0.15) is 0 Å². The van der Waals surface area contributed by atoms with Gasteiger partial charge < -0.3 is 10.1 Å². The smallest absolute Gasteiger partial charge is 0.234 e. The summed E-state index contributed by atoms with van der Waals surface area (Å²) in [6.45, 7) is 1.56.